The van der Waals surface area contributed by atoms with E-state index in [4.69, 9.17) is 5.14 Å². The number of carbonyl (C=O) groups is 1. The topological polar surface area (TPSA) is 89.3 Å². The number of hydrogen-bond acceptors (Lipinski definition) is 3. The van der Waals surface area contributed by atoms with Crippen molar-refractivity contribution in [3.8, 4) is 0 Å². The molecule has 0 spiro atoms. The Balaban J connectivity index is 2.99. The van der Waals surface area contributed by atoms with Crippen LogP contribution in [0.5, 0.6) is 0 Å². The van der Waals surface area contributed by atoms with E-state index < -0.39 is 21.7 Å². The first kappa shape index (κ1) is 14.8. The van der Waals surface area contributed by atoms with E-state index in [1.54, 1.807) is 0 Å². The van der Waals surface area contributed by atoms with Crippen LogP contribution in [0.4, 0.5) is 4.39 Å². The van der Waals surface area contributed by atoms with E-state index >= 15 is 0 Å². The second kappa shape index (κ2) is 5.59. The summed E-state index contributed by atoms with van der Waals surface area (Å²) in [5.74, 6) is -1.63. The van der Waals surface area contributed by atoms with E-state index in [0.29, 0.717) is 10.5 Å². The van der Waals surface area contributed by atoms with Gasteiger partial charge in [0.25, 0.3) is 5.91 Å². The minimum atomic E-state index is -3.99. The molecule has 0 bridgehead atoms. The number of rotatable bonds is 4. The maximum atomic E-state index is 13.5. The number of primary sulfonamides is 1. The van der Waals surface area contributed by atoms with Crippen LogP contribution in [0.1, 0.15) is 10.4 Å². The predicted molar refractivity (Wildman–Crippen MR) is 68.2 cm³/mol. The van der Waals surface area contributed by atoms with Crippen molar-refractivity contribution >= 4 is 31.9 Å². The van der Waals surface area contributed by atoms with Crippen molar-refractivity contribution in [2.45, 2.75) is 4.90 Å². The molecule has 0 heterocycles. The average molecular weight is 337 g/mol. The molecule has 1 aromatic rings. The molecule has 0 aliphatic heterocycles. The van der Waals surface area contributed by atoms with Gasteiger partial charge in [-0.3, -0.25) is 4.79 Å². The third-order valence-electron chi connectivity index (χ3n) is 1.95. The Morgan fingerprint density at radius 2 is 2.11 bits per heavy atom. The van der Waals surface area contributed by atoms with Gasteiger partial charge in [-0.15, -0.1) is 0 Å². The number of carbonyl (C=O) groups excluding carboxylic acids is 1. The Bertz CT molecular complexity index is 601. The van der Waals surface area contributed by atoms with Gasteiger partial charge in [0.15, 0.2) is 0 Å². The first-order chi connectivity index (χ1) is 8.21. The van der Waals surface area contributed by atoms with Gasteiger partial charge in [-0.05, 0) is 18.2 Å². The number of benzene rings is 1. The molecule has 3 N–H and O–H groups in total. The maximum Gasteiger partial charge on any atom is 0.254 e. The van der Waals surface area contributed by atoms with Gasteiger partial charge in [0, 0.05) is 11.0 Å². The molecule has 0 saturated heterocycles. The van der Waals surface area contributed by atoms with Gasteiger partial charge in [0.2, 0.25) is 10.0 Å². The van der Waals surface area contributed by atoms with E-state index in [2.05, 4.69) is 27.8 Å². The van der Waals surface area contributed by atoms with Crippen molar-refractivity contribution in [2.24, 2.45) is 5.14 Å². The number of nitrogens with two attached hydrogens (primary N) is 1. The van der Waals surface area contributed by atoms with E-state index in [1.165, 1.54) is 0 Å². The lowest BCUT2D eigenvalue weighted by atomic mass is 10.2. The van der Waals surface area contributed by atoms with Crippen LogP contribution < -0.4 is 10.5 Å². The summed E-state index contributed by atoms with van der Waals surface area (Å²) in [7, 11) is -3.99. The highest BCUT2D eigenvalue weighted by atomic mass is 79.9. The lowest BCUT2D eigenvalue weighted by molar-refractivity contribution is 0.0953. The minimum absolute atomic E-state index is 0.134. The minimum Gasteiger partial charge on any atom is -0.347 e. The van der Waals surface area contributed by atoms with Crippen LogP contribution in [-0.2, 0) is 10.0 Å². The van der Waals surface area contributed by atoms with Crippen LogP contribution in [0.15, 0.2) is 34.2 Å². The highest BCUT2D eigenvalue weighted by Gasteiger charge is 2.15. The van der Waals surface area contributed by atoms with E-state index in [-0.39, 0.29) is 17.0 Å². The van der Waals surface area contributed by atoms with Gasteiger partial charge < -0.3 is 5.32 Å². The van der Waals surface area contributed by atoms with Crippen LogP contribution >= 0.6 is 15.9 Å². The fourth-order valence-corrected chi connectivity index (χ4v) is 1.79. The van der Waals surface area contributed by atoms with Crippen molar-refractivity contribution < 1.29 is 17.6 Å². The number of halogens is 2. The zero-order valence-electron chi connectivity index (χ0n) is 9.11. The van der Waals surface area contributed by atoms with Gasteiger partial charge >= 0.3 is 0 Å². The van der Waals surface area contributed by atoms with Crippen LogP contribution in [0.2, 0.25) is 0 Å². The molecule has 8 heteroatoms. The summed E-state index contributed by atoms with van der Waals surface area (Å²) >= 11 is 3.03. The van der Waals surface area contributed by atoms with Crippen LogP contribution in [0.25, 0.3) is 0 Å². The third-order valence-corrected chi connectivity index (χ3v) is 3.15. The number of nitrogens with one attached hydrogen (secondary N) is 1. The zero-order chi connectivity index (χ0) is 13.9. The zero-order valence-corrected chi connectivity index (χ0v) is 11.5. The molecular weight excluding hydrogens is 327 g/mol. The van der Waals surface area contributed by atoms with Crippen LogP contribution in [-0.4, -0.2) is 20.9 Å². The van der Waals surface area contributed by atoms with Crippen molar-refractivity contribution in [1.29, 1.82) is 0 Å². The number of sulfonamides is 1. The van der Waals surface area contributed by atoms with Gasteiger partial charge in [0.05, 0.1) is 10.5 Å². The molecule has 0 saturated carbocycles. The molecule has 1 rings (SSSR count). The molecule has 0 aliphatic rings. The van der Waals surface area contributed by atoms with Crippen LogP contribution in [0, 0.1) is 5.82 Å². The fraction of sp³-hybridized carbons (Fsp3) is 0.100. The molecular formula is C10H10BrFN2O3S. The van der Waals surface area contributed by atoms with Gasteiger partial charge in [0.1, 0.15) is 5.82 Å². The molecule has 0 aliphatic carbocycles. The van der Waals surface area contributed by atoms with Crippen molar-refractivity contribution in [2.75, 3.05) is 6.54 Å². The molecule has 1 amide bonds. The van der Waals surface area contributed by atoms with Crippen molar-refractivity contribution in [3.63, 3.8) is 0 Å². The Hall–Kier alpha value is -1.25. The molecule has 0 fully saturated rings. The smallest absolute Gasteiger partial charge is 0.254 e. The summed E-state index contributed by atoms with van der Waals surface area (Å²) in [6.45, 7) is 3.64. The highest BCUT2D eigenvalue weighted by Crippen LogP contribution is 2.13. The van der Waals surface area contributed by atoms with Gasteiger partial charge in [-0.25, -0.2) is 17.9 Å². The normalized spacial score (nSPS) is 11.1. The lowest BCUT2D eigenvalue weighted by Gasteiger charge is -2.06. The summed E-state index contributed by atoms with van der Waals surface area (Å²) in [6, 6.07) is 2.82. The standard InChI is InChI=1S/C10H10BrFN2O3S/c1-6(11)5-14-10(15)8-3-2-7(4-9(8)12)18(13,16)17/h2-4H,1,5H2,(H,14,15)(H2,13,16,17). The van der Waals surface area contributed by atoms with Gasteiger partial charge in [-0.2, -0.15) is 0 Å². The lowest BCUT2D eigenvalue weighted by Crippen LogP contribution is -2.25. The number of amides is 1. The average Bonchev–Trinajstić information content (AvgIpc) is 2.24. The Morgan fingerprint density at radius 1 is 1.50 bits per heavy atom. The summed E-state index contributed by atoms with van der Waals surface area (Å²) in [6.07, 6.45) is 0. The Labute approximate surface area is 112 Å². The molecule has 18 heavy (non-hydrogen) atoms. The molecule has 98 valence electrons. The summed E-state index contributed by atoms with van der Waals surface area (Å²) in [4.78, 5) is 11.1. The second-order valence-electron chi connectivity index (χ2n) is 3.39. The molecule has 0 atom stereocenters. The molecule has 1 aromatic carbocycles. The highest BCUT2D eigenvalue weighted by molar-refractivity contribution is 9.11. The fourth-order valence-electron chi connectivity index (χ4n) is 1.13. The monoisotopic (exact) mass is 336 g/mol. The molecule has 0 unspecified atom stereocenters. The van der Waals surface area contributed by atoms with Crippen molar-refractivity contribution in [3.05, 3.63) is 40.6 Å². The Morgan fingerprint density at radius 3 is 2.56 bits per heavy atom. The molecule has 0 aromatic heterocycles. The maximum absolute atomic E-state index is 13.5. The summed E-state index contributed by atoms with van der Waals surface area (Å²) in [5.41, 5.74) is -0.267. The first-order valence-electron chi connectivity index (χ1n) is 4.65. The van der Waals surface area contributed by atoms with E-state index in [9.17, 15) is 17.6 Å². The first-order valence-corrected chi connectivity index (χ1v) is 6.99. The summed E-state index contributed by atoms with van der Waals surface area (Å²) in [5, 5.41) is 7.23. The largest absolute Gasteiger partial charge is 0.347 e. The number of hydrogen-bond donors (Lipinski definition) is 2. The summed E-state index contributed by atoms with van der Waals surface area (Å²) < 4.78 is 36.0. The van der Waals surface area contributed by atoms with Crippen LogP contribution in [0.3, 0.4) is 0 Å². The molecule has 0 radical (unpaired) electrons. The predicted octanol–water partition coefficient (Wildman–Crippen LogP) is 1.11. The molecule has 5 nitrogen and oxygen atoms in total. The van der Waals surface area contributed by atoms with Crippen molar-refractivity contribution in [1.82, 2.24) is 5.32 Å². The third kappa shape index (κ3) is 3.90. The van der Waals surface area contributed by atoms with E-state index in [1.807, 2.05) is 0 Å². The SMILES string of the molecule is C=C(Br)CNC(=O)c1ccc(S(N)(=O)=O)cc1F. The second-order valence-corrected chi connectivity index (χ2v) is 6.07. The van der Waals surface area contributed by atoms with Gasteiger partial charge in [-0.1, -0.05) is 22.5 Å². The van der Waals surface area contributed by atoms with E-state index in [0.717, 1.165) is 12.1 Å². The Kier molecular flexibility index (Phi) is 4.60. The quantitative estimate of drug-likeness (QED) is 0.863.